The molecule has 0 unspecified atom stereocenters. The zero-order valence-corrected chi connectivity index (χ0v) is 20.2. The third-order valence-electron chi connectivity index (χ3n) is 5.49. The van der Waals surface area contributed by atoms with Crippen LogP contribution in [0.1, 0.15) is 56.7 Å². The molecule has 0 amide bonds. The summed E-state index contributed by atoms with van der Waals surface area (Å²) in [6.45, 7) is 8.41. The van der Waals surface area contributed by atoms with Crippen LogP contribution in [0.4, 0.5) is 0 Å². The van der Waals surface area contributed by atoms with Gasteiger partial charge in [0.25, 0.3) is 0 Å². The summed E-state index contributed by atoms with van der Waals surface area (Å²) in [5, 5.41) is 0. The molecule has 168 valence electrons. The maximum absolute atomic E-state index is 6.28. The highest BCUT2D eigenvalue weighted by Crippen LogP contribution is 2.34. The first kappa shape index (κ1) is 23.7. The topological polar surface area (TPSA) is 36.9 Å². The molecule has 0 aliphatic heterocycles. The van der Waals surface area contributed by atoms with Gasteiger partial charge >= 0.3 is 8.80 Å². The van der Waals surface area contributed by atoms with E-state index >= 15 is 0 Å². The zero-order chi connectivity index (χ0) is 21.9. The van der Waals surface area contributed by atoms with Crippen LogP contribution in [0.25, 0.3) is 11.6 Å². The molecule has 1 aliphatic carbocycles. The Labute approximate surface area is 188 Å². The van der Waals surface area contributed by atoms with Crippen molar-refractivity contribution >= 4 is 20.5 Å². The predicted octanol–water partition coefficient (Wildman–Crippen LogP) is 6.38. The molecule has 0 heterocycles. The molecule has 0 N–H and O–H groups in total. The molecule has 0 aromatic heterocycles. The highest BCUT2D eigenvalue weighted by Gasteiger charge is 2.39. The number of rotatable bonds is 12. The number of fused-ring (bicyclic) bond motifs is 1. The maximum Gasteiger partial charge on any atom is 0.501 e. The van der Waals surface area contributed by atoms with Crippen molar-refractivity contribution in [3.05, 3.63) is 65.2 Å². The van der Waals surface area contributed by atoms with Crippen molar-refractivity contribution in [3.8, 4) is 5.75 Å². The van der Waals surface area contributed by atoms with Crippen molar-refractivity contribution in [2.24, 2.45) is 0 Å². The van der Waals surface area contributed by atoms with Crippen LogP contribution in [0.5, 0.6) is 5.75 Å². The molecule has 2 aromatic carbocycles. The molecule has 0 spiro atoms. The van der Waals surface area contributed by atoms with Gasteiger partial charge in [-0.05, 0) is 75.3 Å². The van der Waals surface area contributed by atoms with Gasteiger partial charge in [-0.25, -0.2) is 0 Å². The summed E-state index contributed by atoms with van der Waals surface area (Å²) in [4.78, 5) is 0. The smallest absolute Gasteiger partial charge is 0.493 e. The molecule has 3 rings (SSSR count). The van der Waals surface area contributed by atoms with E-state index in [4.69, 9.17) is 18.0 Å². The largest absolute Gasteiger partial charge is 0.501 e. The van der Waals surface area contributed by atoms with Gasteiger partial charge in [0.05, 0.1) is 6.61 Å². The van der Waals surface area contributed by atoms with E-state index in [1.165, 1.54) is 22.3 Å². The summed E-state index contributed by atoms with van der Waals surface area (Å²) < 4.78 is 24.2. The molecular formula is C26H36O4Si. The van der Waals surface area contributed by atoms with Crippen LogP contribution < -0.4 is 4.74 Å². The first-order chi connectivity index (χ1) is 15.2. The molecule has 2 aromatic rings. The van der Waals surface area contributed by atoms with E-state index in [2.05, 4.69) is 54.6 Å². The van der Waals surface area contributed by atoms with E-state index in [9.17, 15) is 0 Å². The molecule has 1 aliphatic rings. The maximum atomic E-state index is 6.28. The van der Waals surface area contributed by atoms with E-state index in [-0.39, 0.29) is 0 Å². The van der Waals surface area contributed by atoms with Crippen molar-refractivity contribution in [1.82, 2.24) is 0 Å². The molecule has 5 heteroatoms. The summed E-state index contributed by atoms with van der Waals surface area (Å²) in [6, 6.07) is 17.9. The first-order valence-electron chi connectivity index (χ1n) is 11.6. The molecular weight excluding hydrogens is 404 g/mol. The van der Waals surface area contributed by atoms with Crippen molar-refractivity contribution in [1.29, 1.82) is 0 Å². The third-order valence-corrected chi connectivity index (χ3v) is 8.64. The Balaban J connectivity index is 1.71. The van der Waals surface area contributed by atoms with Gasteiger partial charge in [-0.1, -0.05) is 42.5 Å². The van der Waals surface area contributed by atoms with Crippen LogP contribution in [0.2, 0.25) is 6.04 Å². The van der Waals surface area contributed by atoms with Crippen LogP contribution in [0, 0.1) is 0 Å². The minimum atomic E-state index is -2.62. The Kier molecular flexibility index (Phi) is 9.34. The average Bonchev–Trinajstić information content (AvgIpc) is 3.01. The Morgan fingerprint density at radius 1 is 0.806 bits per heavy atom. The quantitative estimate of drug-likeness (QED) is 0.283. The van der Waals surface area contributed by atoms with E-state index in [1.807, 2.05) is 20.8 Å². The second-order valence-corrected chi connectivity index (χ2v) is 10.4. The minimum absolute atomic E-state index is 0.604. The van der Waals surface area contributed by atoms with Crippen molar-refractivity contribution in [2.45, 2.75) is 52.5 Å². The molecule has 0 atom stereocenters. The van der Waals surface area contributed by atoms with E-state index in [0.717, 1.165) is 37.5 Å². The monoisotopic (exact) mass is 440 g/mol. The lowest BCUT2D eigenvalue weighted by molar-refractivity contribution is 0.0696. The van der Waals surface area contributed by atoms with Crippen LogP contribution >= 0.6 is 0 Å². The Morgan fingerprint density at radius 3 is 2.19 bits per heavy atom. The fourth-order valence-corrected chi connectivity index (χ4v) is 6.74. The predicted molar refractivity (Wildman–Crippen MR) is 129 cm³/mol. The second-order valence-electron chi connectivity index (χ2n) is 7.65. The summed E-state index contributed by atoms with van der Waals surface area (Å²) in [7, 11) is -2.62. The van der Waals surface area contributed by atoms with E-state index < -0.39 is 8.80 Å². The second kappa shape index (κ2) is 12.2. The van der Waals surface area contributed by atoms with Gasteiger partial charge in [-0.2, -0.15) is 0 Å². The third kappa shape index (κ3) is 6.53. The van der Waals surface area contributed by atoms with Gasteiger partial charge in [-0.15, -0.1) is 0 Å². The fraction of sp³-hybridized carbons (Fsp3) is 0.462. The van der Waals surface area contributed by atoms with Gasteiger partial charge in [0, 0.05) is 31.4 Å². The summed E-state index contributed by atoms with van der Waals surface area (Å²) in [6.07, 6.45) is 6.48. The number of hydrogen-bond acceptors (Lipinski definition) is 4. The van der Waals surface area contributed by atoms with Gasteiger partial charge in [0.1, 0.15) is 5.75 Å². The Bertz CT molecular complexity index is 818. The standard InChI is InChI=1S/C26H36O4Si/c1-4-28-31(29-5-2,30-6-3)20-12-19-27-26-18-11-16-23-15-10-17-24(21-25(23)26)22-13-8-7-9-14-22/h7-9,11,13-14,16,18,21H,4-6,10,12,15,17,19-20H2,1-3H3. The zero-order valence-electron chi connectivity index (χ0n) is 19.2. The lowest BCUT2D eigenvalue weighted by Crippen LogP contribution is -2.46. The summed E-state index contributed by atoms with van der Waals surface area (Å²) >= 11 is 0. The highest BCUT2D eigenvalue weighted by atomic mass is 28.4. The van der Waals surface area contributed by atoms with Gasteiger partial charge in [0.2, 0.25) is 0 Å². The van der Waals surface area contributed by atoms with Crippen LogP contribution in [0.3, 0.4) is 0 Å². The highest BCUT2D eigenvalue weighted by molar-refractivity contribution is 6.60. The van der Waals surface area contributed by atoms with Crippen LogP contribution in [0.15, 0.2) is 48.5 Å². The Hall–Kier alpha value is -1.92. The van der Waals surface area contributed by atoms with E-state index in [0.29, 0.717) is 26.4 Å². The molecule has 0 fully saturated rings. The van der Waals surface area contributed by atoms with Crippen LogP contribution in [-0.2, 0) is 19.7 Å². The van der Waals surface area contributed by atoms with Gasteiger partial charge in [0.15, 0.2) is 0 Å². The molecule has 0 saturated heterocycles. The average molecular weight is 441 g/mol. The lowest BCUT2D eigenvalue weighted by atomic mass is 10.0. The molecule has 31 heavy (non-hydrogen) atoms. The SMILES string of the molecule is CCO[Si](CCCOc1cccc2c1C=C(c1ccccc1)CCC2)(OCC)OCC. The molecule has 0 radical (unpaired) electrons. The lowest BCUT2D eigenvalue weighted by Gasteiger charge is -2.28. The normalized spacial score (nSPS) is 14.0. The first-order valence-corrected chi connectivity index (χ1v) is 13.6. The van der Waals surface area contributed by atoms with Crippen molar-refractivity contribution < 1.29 is 18.0 Å². The number of hydrogen-bond donors (Lipinski definition) is 0. The Morgan fingerprint density at radius 2 is 1.52 bits per heavy atom. The van der Waals surface area contributed by atoms with Crippen molar-refractivity contribution in [3.63, 3.8) is 0 Å². The summed E-state index contributed by atoms with van der Waals surface area (Å²) in [5.74, 6) is 0.962. The van der Waals surface area contributed by atoms with Crippen molar-refractivity contribution in [2.75, 3.05) is 26.4 Å². The molecule has 0 bridgehead atoms. The minimum Gasteiger partial charge on any atom is -0.493 e. The number of benzene rings is 2. The summed E-state index contributed by atoms with van der Waals surface area (Å²) in [5.41, 5.74) is 5.27. The van der Waals surface area contributed by atoms with E-state index in [1.54, 1.807) is 0 Å². The molecule has 4 nitrogen and oxygen atoms in total. The number of aryl methyl sites for hydroxylation is 1. The number of allylic oxidation sites excluding steroid dienone is 1. The fourth-order valence-electron chi connectivity index (χ4n) is 4.16. The van der Waals surface area contributed by atoms with Crippen LogP contribution in [-0.4, -0.2) is 35.2 Å². The van der Waals surface area contributed by atoms with Gasteiger partial charge in [-0.3, -0.25) is 0 Å². The van der Waals surface area contributed by atoms with Gasteiger partial charge < -0.3 is 18.0 Å². The number of ether oxygens (including phenoxy) is 1. The molecule has 0 saturated carbocycles.